The lowest BCUT2D eigenvalue weighted by molar-refractivity contribution is -0.137. The monoisotopic (exact) mass is 354 g/mol. The highest BCUT2D eigenvalue weighted by molar-refractivity contribution is 6.53. The molecule has 1 aliphatic rings. The van der Waals surface area contributed by atoms with E-state index in [1.54, 1.807) is 19.0 Å². The van der Waals surface area contributed by atoms with E-state index in [4.69, 9.17) is 23.2 Å². The van der Waals surface area contributed by atoms with E-state index in [0.717, 1.165) is 6.07 Å². The average Bonchev–Trinajstić information content (AvgIpc) is 2.88. The minimum atomic E-state index is -4.59. The molecular formula is C14H15Cl2F3N2O. The van der Waals surface area contributed by atoms with Crippen molar-refractivity contribution >= 4 is 40.5 Å². The molecule has 1 atom stereocenters. The van der Waals surface area contributed by atoms with E-state index < -0.39 is 27.4 Å². The number of halogens is 5. The molecule has 1 saturated carbocycles. The fourth-order valence-electron chi connectivity index (χ4n) is 2.06. The predicted octanol–water partition coefficient (Wildman–Crippen LogP) is 4.29. The van der Waals surface area contributed by atoms with E-state index in [9.17, 15) is 18.0 Å². The van der Waals surface area contributed by atoms with Crippen LogP contribution in [0, 0.1) is 5.41 Å². The third-order valence-electron chi connectivity index (χ3n) is 3.83. The number of carbonyl (C=O) groups is 1. The smallest absolute Gasteiger partial charge is 0.378 e. The van der Waals surface area contributed by atoms with Crippen molar-refractivity contribution in [2.45, 2.75) is 23.9 Å². The third kappa shape index (κ3) is 2.99. The van der Waals surface area contributed by atoms with Crippen LogP contribution in [-0.2, 0) is 11.0 Å². The van der Waals surface area contributed by atoms with Crippen molar-refractivity contribution in [1.29, 1.82) is 0 Å². The first-order chi connectivity index (χ1) is 9.88. The molecular weight excluding hydrogens is 340 g/mol. The molecule has 3 nitrogen and oxygen atoms in total. The van der Waals surface area contributed by atoms with Crippen molar-refractivity contribution in [1.82, 2.24) is 0 Å². The number of nitrogens with zero attached hydrogens (tertiary/aromatic N) is 1. The predicted molar refractivity (Wildman–Crippen MR) is 81.6 cm³/mol. The lowest BCUT2D eigenvalue weighted by atomic mass is 10.1. The Morgan fingerprint density at radius 3 is 2.27 bits per heavy atom. The first-order valence-electron chi connectivity index (χ1n) is 6.46. The van der Waals surface area contributed by atoms with Gasteiger partial charge in [0.05, 0.1) is 16.7 Å². The van der Waals surface area contributed by atoms with E-state index >= 15 is 0 Å². The van der Waals surface area contributed by atoms with Gasteiger partial charge in [0.1, 0.15) is 4.33 Å². The molecule has 1 aromatic carbocycles. The Bertz CT molecular complexity index is 617. The topological polar surface area (TPSA) is 32.3 Å². The molecule has 1 fully saturated rings. The molecule has 1 amide bonds. The maximum absolute atomic E-state index is 13.2. The van der Waals surface area contributed by atoms with E-state index in [-0.39, 0.29) is 12.1 Å². The molecule has 0 spiro atoms. The highest BCUT2D eigenvalue weighted by Gasteiger charge is 2.68. The summed E-state index contributed by atoms with van der Waals surface area (Å²) in [6.07, 6.45) is -4.38. The molecule has 0 aromatic heterocycles. The minimum absolute atomic E-state index is 0.200. The Balaban J connectivity index is 2.34. The Morgan fingerprint density at radius 2 is 1.86 bits per heavy atom. The number of hydrogen-bond donors (Lipinski definition) is 1. The quantitative estimate of drug-likeness (QED) is 0.821. The van der Waals surface area contributed by atoms with Crippen LogP contribution in [0.1, 0.15) is 18.9 Å². The van der Waals surface area contributed by atoms with Crippen LogP contribution in [0.3, 0.4) is 0 Å². The number of amides is 1. The number of anilines is 2. The summed E-state index contributed by atoms with van der Waals surface area (Å²) in [7, 11) is 3.27. The van der Waals surface area contributed by atoms with E-state index in [1.165, 1.54) is 19.1 Å². The number of carbonyl (C=O) groups excluding carboxylic acids is 1. The zero-order valence-electron chi connectivity index (χ0n) is 12.2. The van der Waals surface area contributed by atoms with Crippen LogP contribution < -0.4 is 10.2 Å². The Labute approximate surface area is 136 Å². The Morgan fingerprint density at radius 1 is 1.32 bits per heavy atom. The molecule has 0 aliphatic heterocycles. The minimum Gasteiger partial charge on any atom is -0.378 e. The molecule has 8 heteroatoms. The van der Waals surface area contributed by atoms with Crippen LogP contribution in [-0.4, -0.2) is 24.3 Å². The summed E-state index contributed by atoms with van der Waals surface area (Å²) in [6.45, 7) is 1.52. The summed E-state index contributed by atoms with van der Waals surface area (Å²) >= 11 is 11.8. The molecule has 0 heterocycles. The van der Waals surface area contributed by atoms with Gasteiger partial charge in [0.2, 0.25) is 5.91 Å². The van der Waals surface area contributed by atoms with Crippen molar-refractivity contribution in [2.24, 2.45) is 5.41 Å². The van der Waals surface area contributed by atoms with E-state index in [0.29, 0.717) is 5.69 Å². The van der Waals surface area contributed by atoms with Crippen LogP contribution >= 0.6 is 23.2 Å². The number of nitrogens with one attached hydrogen (secondary N) is 1. The van der Waals surface area contributed by atoms with Gasteiger partial charge in [0, 0.05) is 19.8 Å². The largest absolute Gasteiger partial charge is 0.418 e. The summed E-state index contributed by atoms with van der Waals surface area (Å²) in [5, 5.41) is 2.29. The second-order valence-electron chi connectivity index (χ2n) is 5.79. The summed E-state index contributed by atoms with van der Waals surface area (Å²) in [5.41, 5.74) is -1.92. The van der Waals surface area contributed by atoms with Crippen molar-refractivity contribution in [3.8, 4) is 0 Å². The molecule has 22 heavy (non-hydrogen) atoms. The fourth-order valence-corrected chi connectivity index (χ4v) is 2.77. The van der Waals surface area contributed by atoms with Gasteiger partial charge < -0.3 is 10.2 Å². The van der Waals surface area contributed by atoms with Crippen LogP contribution in [0.5, 0.6) is 0 Å². The molecule has 0 saturated heterocycles. The van der Waals surface area contributed by atoms with Gasteiger partial charge in [-0.2, -0.15) is 13.2 Å². The van der Waals surface area contributed by atoms with Gasteiger partial charge in [0.25, 0.3) is 0 Å². The average molecular weight is 355 g/mol. The molecule has 0 radical (unpaired) electrons. The van der Waals surface area contributed by atoms with Gasteiger partial charge in [0.15, 0.2) is 0 Å². The summed E-state index contributed by atoms with van der Waals surface area (Å²) in [5.74, 6) is -0.624. The Kier molecular flexibility index (Phi) is 4.07. The van der Waals surface area contributed by atoms with E-state index in [1.807, 2.05) is 0 Å². The second-order valence-corrected chi connectivity index (χ2v) is 7.27. The highest BCUT2D eigenvalue weighted by atomic mass is 35.5. The van der Waals surface area contributed by atoms with Gasteiger partial charge in [-0.1, -0.05) is 0 Å². The molecule has 122 valence electrons. The van der Waals surface area contributed by atoms with Crippen LogP contribution in [0.2, 0.25) is 0 Å². The zero-order chi connectivity index (χ0) is 16.9. The first-order valence-corrected chi connectivity index (χ1v) is 7.22. The third-order valence-corrected chi connectivity index (χ3v) is 4.93. The standard InChI is InChI=1S/C14H15Cl2F3N2O/c1-12(7-13(12,15)16)11(22)20-10-5-4-8(21(2)3)6-9(10)14(17,18)19/h4-6H,7H2,1-3H3,(H,20,22). The summed E-state index contributed by atoms with van der Waals surface area (Å²) < 4.78 is 38.3. The van der Waals surface area contributed by atoms with Crippen molar-refractivity contribution in [3.63, 3.8) is 0 Å². The molecule has 0 bridgehead atoms. The molecule has 1 unspecified atom stereocenters. The van der Waals surface area contributed by atoms with Crippen LogP contribution in [0.25, 0.3) is 0 Å². The van der Waals surface area contributed by atoms with Gasteiger partial charge in [-0.05, 0) is 31.5 Å². The number of benzene rings is 1. The van der Waals surface area contributed by atoms with Crippen molar-refractivity contribution in [3.05, 3.63) is 23.8 Å². The highest BCUT2D eigenvalue weighted by Crippen LogP contribution is 2.64. The molecule has 2 rings (SSSR count). The maximum atomic E-state index is 13.2. The molecule has 1 aromatic rings. The molecule has 1 N–H and O–H groups in total. The molecule has 1 aliphatic carbocycles. The Hall–Kier alpha value is -1.14. The maximum Gasteiger partial charge on any atom is 0.418 e. The van der Waals surface area contributed by atoms with Crippen LogP contribution in [0.15, 0.2) is 18.2 Å². The van der Waals surface area contributed by atoms with Crippen molar-refractivity contribution < 1.29 is 18.0 Å². The van der Waals surface area contributed by atoms with Gasteiger partial charge >= 0.3 is 6.18 Å². The van der Waals surface area contributed by atoms with Crippen LogP contribution in [0.4, 0.5) is 24.5 Å². The normalized spacial score (nSPS) is 23.1. The number of rotatable bonds is 3. The zero-order valence-corrected chi connectivity index (χ0v) is 13.7. The SMILES string of the molecule is CN(C)c1ccc(NC(=O)C2(C)CC2(Cl)Cl)c(C(F)(F)F)c1. The second kappa shape index (κ2) is 5.20. The van der Waals surface area contributed by atoms with Gasteiger partial charge in [-0.3, -0.25) is 4.79 Å². The lowest BCUT2D eigenvalue weighted by Gasteiger charge is -2.20. The number of alkyl halides is 5. The number of hydrogen-bond acceptors (Lipinski definition) is 2. The van der Waals surface area contributed by atoms with Gasteiger partial charge in [-0.25, -0.2) is 0 Å². The van der Waals surface area contributed by atoms with Crippen molar-refractivity contribution in [2.75, 3.05) is 24.3 Å². The summed E-state index contributed by atoms with van der Waals surface area (Å²) in [6, 6.07) is 3.71. The summed E-state index contributed by atoms with van der Waals surface area (Å²) in [4.78, 5) is 13.7. The van der Waals surface area contributed by atoms with Gasteiger partial charge in [-0.15, -0.1) is 23.2 Å². The lowest BCUT2D eigenvalue weighted by Crippen LogP contribution is -2.27. The first kappa shape index (κ1) is 17.2. The fraction of sp³-hybridized carbons (Fsp3) is 0.500. The van der Waals surface area contributed by atoms with E-state index in [2.05, 4.69) is 5.32 Å².